The van der Waals surface area contributed by atoms with Gasteiger partial charge in [-0.3, -0.25) is 0 Å². The molecule has 7 heteroatoms. The number of hydrogen-bond donors (Lipinski definition) is 5. The van der Waals surface area contributed by atoms with E-state index >= 15 is 0 Å². The largest absolute Gasteiger partial charge is 0.394 e. The van der Waals surface area contributed by atoms with Gasteiger partial charge in [-0.15, -0.1) is 11.8 Å². The van der Waals surface area contributed by atoms with Crippen molar-refractivity contribution in [2.24, 2.45) is 0 Å². The molecule has 0 bridgehead atoms. The second-order valence-electron chi connectivity index (χ2n) is 3.65. The summed E-state index contributed by atoms with van der Waals surface area (Å²) in [5, 5.41) is 37.7. The van der Waals surface area contributed by atoms with Crippen molar-refractivity contribution in [1.82, 2.24) is 0 Å². The Morgan fingerprint density at radius 3 is 2.38 bits per heavy atom. The molecule has 0 saturated carbocycles. The second-order valence-corrected chi connectivity index (χ2v) is 5.30. The van der Waals surface area contributed by atoms with Crippen molar-refractivity contribution in [2.75, 3.05) is 18.1 Å². The zero-order valence-electron chi connectivity index (χ0n) is 8.77. The Balaban J connectivity index is 2.50. The lowest BCUT2D eigenvalue weighted by Gasteiger charge is -2.39. The summed E-state index contributed by atoms with van der Waals surface area (Å²) in [6, 6.07) is 0. The number of thioether (sulfide) groups is 1. The standard InChI is InChI=1S/C9H18O5S2/c10-4-5-6(11)7(12)8(13)9(14-5)16-3-1-2-15/h5-13,15H,1-4H2. The fourth-order valence-electron chi connectivity index (χ4n) is 1.47. The highest BCUT2D eigenvalue weighted by atomic mass is 32.2. The van der Waals surface area contributed by atoms with E-state index in [9.17, 15) is 15.3 Å². The van der Waals surface area contributed by atoms with Crippen molar-refractivity contribution in [1.29, 1.82) is 0 Å². The fraction of sp³-hybridized carbons (Fsp3) is 1.00. The predicted octanol–water partition coefficient (Wildman–Crippen LogP) is -1.16. The van der Waals surface area contributed by atoms with Crippen molar-refractivity contribution < 1.29 is 25.2 Å². The van der Waals surface area contributed by atoms with E-state index in [1.807, 2.05) is 0 Å². The molecule has 0 aromatic rings. The van der Waals surface area contributed by atoms with Crippen LogP contribution in [0.15, 0.2) is 0 Å². The van der Waals surface area contributed by atoms with Crippen molar-refractivity contribution in [3.8, 4) is 0 Å². The molecule has 96 valence electrons. The van der Waals surface area contributed by atoms with Gasteiger partial charge in [0.05, 0.1) is 6.61 Å². The quantitative estimate of drug-likeness (QED) is 0.320. The number of aliphatic hydroxyl groups is 4. The molecule has 1 aliphatic rings. The molecule has 16 heavy (non-hydrogen) atoms. The topological polar surface area (TPSA) is 90.2 Å². The molecule has 1 rings (SSSR count). The SMILES string of the molecule is OCC1OC(SCCCS)C(O)C(O)C1O. The minimum absolute atomic E-state index is 0.380. The molecular weight excluding hydrogens is 252 g/mol. The van der Waals surface area contributed by atoms with Crippen molar-refractivity contribution in [3.05, 3.63) is 0 Å². The lowest BCUT2D eigenvalue weighted by molar-refractivity contribution is -0.205. The van der Waals surface area contributed by atoms with Crippen LogP contribution in [-0.4, -0.2) is 68.4 Å². The van der Waals surface area contributed by atoms with Gasteiger partial charge >= 0.3 is 0 Å². The van der Waals surface area contributed by atoms with E-state index in [1.165, 1.54) is 11.8 Å². The van der Waals surface area contributed by atoms with Gasteiger partial charge in [0.25, 0.3) is 0 Å². The molecule has 0 spiro atoms. The molecule has 1 fully saturated rings. The molecule has 0 aromatic heterocycles. The van der Waals surface area contributed by atoms with Crippen molar-refractivity contribution in [3.63, 3.8) is 0 Å². The van der Waals surface area contributed by atoms with Crippen LogP contribution in [0.25, 0.3) is 0 Å². The summed E-state index contributed by atoms with van der Waals surface area (Å²) in [7, 11) is 0. The Morgan fingerprint density at radius 1 is 1.12 bits per heavy atom. The molecule has 1 heterocycles. The van der Waals surface area contributed by atoms with E-state index in [-0.39, 0.29) is 6.61 Å². The van der Waals surface area contributed by atoms with Crippen LogP contribution in [0.2, 0.25) is 0 Å². The van der Waals surface area contributed by atoms with E-state index < -0.39 is 29.9 Å². The summed E-state index contributed by atoms with van der Waals surface area (Å²) in [5.74, 6) is 1.48. The number of ether oxygens (including phenoxy) is 1. The van der Waals surface area contributed by atoms with Gasteiger partial charge in [-0.1, -0.05) is 0 Å². The molecule has 0 radical (unpaired) electrons. The van der Waals surface area contributed by atoms with Gasteiger partial charge in [0.15, 0.2) is 0 Å². The minimum atomic E-state index is -1.28. The van der Waals surface area contributed by atoms with Gasteiger partial charge in [0, 0.05) is 0 Å². The highest BCUT2D eigenvalue weighted by Gasteiger charge is 2.43. The number of rotatable bonds is 5. The first-order valence-corrected chi connectivity index (χ1v) is 6.83. The molecule has 5 atom stereocenters. The Morgan fingerprint density at radius 2 is 1.81 bits per heavy atom. The van der Waals surface area contributed by atoms with Crippen LogP contribution in [0.4, 0.5) is 0 Å². The van der Waals surface area contributed by atoms with E-state index in [0.29, 0.717) is 0 Å². The summed E-state index contributed by atoms with van der Waals surface area (Å²) in [5.41, 5.74) is -0.615. The van der Waals surface area contributed by atoms with Gasteiger partial charge in [-0.05, 0) is 17.9 Å². The maximum Gasteiger partial charge on any atom is 0.132 e. The smallest absolute Gasteiger partial charge is 0.132 e. The highest BCUT2D eigenvalue weighted by Crippen LogP contribution is 2.28. The van der Waals surface area contributed by atoms with Gasteiger partial charge in [0.2, 0.25) is 0 Å². The minimum Gasteiger partial charge on any atom is -0.394 e. The number of hydrogen-bond acceptors (Lipinski definition) is 7. The average molecular weight is 270 g/mol. The molecule has 4 N–H and O–H groups in total. The van der Waals surface area contributed by atoms with Crippen LogP contribution in [0, 0.1) is 0 Å². The fourth-order valence-corrected chi connectivity index (χ4v) is 2.96. The van der Waals surface area contributed by atoms with Crippen molar-refractivity contribution >= 4 is 24.4 Å². The second kappa shape index (κ2) is 7.05. The lowest BCUT2D eigenvalue weighted by atomic mass is 10.0. The van der Waals surface area contributed by atoms with E-state index in [0.717, 1.165) is 17.9 Å². The van der Waals surface area contributed by atoms with Crippen LogP contribution >= 0.6 is 24.4 Å². The number of aliphatic hydroxyl groups excluding tert-OH is 4. The van der Waals surface area contributed by atoms with Crippen LogP contribution in [0.5, 0.6) is 0 Å². The molecule has 0 amide bonds. The summed E-state index contributed by atoms with van der Waals surface area (Å²) < 4.78 is 5.31. The molecule has 0 aliphatic carbocycles. The first kappa shape index (κ1) is 14.6. The van der Waals surface area contributed by atoms with Crippen LogP contribution in [0.1, 0.15) is 6.42 Å². The Kier molecular flexibility index (Phi) is 6.42. The van der Waals surface area contributed by atoms with Gasteiger partial charge < -0.3 is 25.2 Å². The molecule has 1 saturated heterocycles. The molecule has 5 unspecified atom stereocenters. The third-order valence-electron chi connectivity index (χ3n) is 2.43. The van der Waals surface area contributed by atoms with Gasteiger partial charge in [0.1, 0.15) is 29.9 Å². The van der Waals surface area contributed by atoms with Crippen molar-refractivity contribution in [2.45, 2.75) is 36.3 Å². The Labute approximate surface area is 104 Å². The van der Waals surface area contributed by atoms with Gasteiger partial charge in [-0.25, -0.2) is 0 Å². The van der Waals surface area contributed by atoms with Crippen LogP contribution in [0.3, 0.4) is 0 Å². The zero-order valence-corrected chi connectivity index (χ0v) is 10.5. The maximum atomic E-state index is 9.66. The molecule has 1 aliphatic heterocycles. The summed E-state index contributed by atoms with van der Waals surface area (Å²) in [4.78, 5) is 0. The molecule has 0 aromatic carbocycles. The van der Waals surface area contributed by atoms with Crippen LogP contribution in [-0.2, 0) is 4.74 Å². The molecular formula is C9H18O5S2. The number of thiol groups is 1. The summed E-state index contributed by atoms with van der Waals surface area (Å²) in [6.45, 7) is -0.380. The normalized spacial score (nSPS) is 39.9. The zero-order chi connectivity index (χ0) is 12.1. The van der Waals surface area contributed by atoms with Gasteiger partial charge in [-0.2, -0.15) is 12.6 Å². The first-order chi connectivity index (χ1) is 7.61. The monoisotopic (exact) mass is 270 g/mol. The Bertz CT molecular complexity index is 204. The van der Waals surface area contributed by atoms with E-state index in [2.05, 4.69) is 12.6 Å². The third-order valence-corrected chi connectivity index (χ3v) is 3.99. The van der Waals surface area contributed by atoms with E-state index in [4.69, 9.17) is 9.84 Å². The average Bonchev–Trinajstić information content (AvgIpc) is 2.29. The highest BCUT2D eigenvalue weighted by molar-refractivity contribution is 7.99. The maximum absolute atomic E-state index is 9.66. The third kappa shape index (κ3) is 3.49. The summed E-state index contributed by atoms with van der Waals surface area (Å²) in [6.07, 6.45) is -3.64. The van der Waals surface area contributed by atoms with Crippen LogP contribution < -0.4 is 0 Å². The lowest BCUT2D eigenvalue weighted by Crippen LogP contribution is -2.57. The first-order valence-electron chi connectivity index (χ1n) is 5.14. The van der Waals surface area contributed by atoms with E-state index in [1.54, 1.807) is 0 Å². The summed E-state index contributed by atoms with van der Waals surface area (Å²) >= 11 is 5.41. The predicted molar refractivity (Wildman–Crippen MR) is 64.7 cm³/mol. The molecule has 5 nitrogen and oxygen atoms in total. The Hall–Kier alpha value is 0.500.